The van der Waals surface area contributed by atoms with E-state index in [0.29, 0.717) is 30.0 Å². The Morgan fingerprint density at radius 1 is 1.32 bits per heavy atom. The molecule has 11 heteroatoms. The fourth-order valence-electron chi connectivity index (χ4n) is 6.20. The summed E-state index contributed by atoms with van der Waals surface area (Å²) >= 11 is 6.43. The summed E-state index contributed by atoms with van der Waals surface area (Å²) in [4.78, 5) is 56.2. The van der Waals surface area contributed by atoms with E-state index in [1.54, 1.807) is 43.3 Å². The van der Waals surface area contributed by atoms with Gasteiger partial charge in [0, 0.05) is 19.5 Å². The van der Waals surface area contributed by atoms with Crippen molar-refractivity contribution in [3.8, 4) is 0 Å². The first-order valence-electron chi connectivity index (χ1n) is 13.5. The number of benzene rings is 1. The molecule has 40 heavy (non-hydrogen) atoms. The molecule has 10 nitrogen and oxygen atoms in total. The van der Waals surface area contributed by atoms with Crippen molar-refractivity contribution in [2.24, 2.45) is 11.8 Å². The summed E-state index contributed by atoms with van der Waals surface area (Å²) < 4.78 is 12.0. The molecule has 0 aromatic heterocycles. The van der Waals surface area contributed by atoms with Gasteiger partial charge in [-0.15, -0.1) is 13.2 Å². The minimum absolute atomic E-state index is 0.0964. The zero-order chi connectivity index (χ0) is 29.0. The number of hydrogen-bond donors (Lipinski definition) is 2. The van der Waals surface area contributed by atoms with E-state index in [1.807, 2.05) is 0 Å². The van der Waals surface area contributed by atoms with E-state index in [4.69, 9.17) is 21.1 Å². The van der Waals surface area contributed by atoms with Crippen molar-refractivity contribution >= 4 is 41.0 Å². The highest BCUT2D eigenvalue weighted by Crippen LogP contribution is 2.59. The molecule has 3 aliphatic rings. The number of esters is 1. The second-order valence-electron chi connectivity index (χ2n) is 10.4. The quantitative estimate of drug-likeness (QED) is 0.274. The van der Waals surface area contributed by atoms with Gasteiger partial charge >= 0.3 is 5.97 Å². The molecule has 1 aromatic rings. The average molecular weight is 574 g/mol. The summed E-state index contributed by atoms with van der Waals surface area (Å²) in [6.07, 6.45) is 3.68. The number of rotatable bonds is 13. The molecule has 0 unspecified atom stereocenters. The number of anilines is 1. The van der Waals surface area contributed by atoms with Gasteiger partial charge in [0.2, 0.25) is 11.8 Å². The number of ether oxygens (including phenoxy) is 2. The molecule has 1 spiro atoms. The standard InChI is InChI=1S/C29H36ClN3O7/c1-4-6-11-22(35)31-17-18(3)39-28(38)23-21-12-13-29(40-21)24(23)26(36)33(15-16-34)25(29)27(37)32(14-5-2)20-10-8-7-9-19(20)30/h4-5,7-10,18,21,23-25,34H,1-2,6,11-17H2,3H3,(H,31,35)/t18-,21-,23+,24+,25-,29+/m1/s1. The molecule has 0 radical (unpaired) electrons. The predicted octanol–water partition coefficient (Wildman–Crippen LogP) is 2.24. The van der Waals surface area contributed by atoms with Crippen LogP contribution in [0.1, 0.15) is 32.6 Å². The van der Waals surface area contributed by atoms with Crippen molar-refractivity contribution in [1.82, 2.24) is 10.2 Å². The third-order valence-electron chi connectivity index (χ3n) is 7.85. The van der Waals surface area contributed by atoms with E-state index in [2.05, 4.69) is 18.5 Å². The maximum Gasteiger partial charge on any atom is 0.312 e. The lowest BCUT2D eigenvalue weighted by Gasteiger charge is -2.36. The van der Waals surface area contributed by atoms with Gasteiger partial charge in [0.25, 0.3) is 5.91 Å². The SMILES string of the molecule is C=CCCC(=O)NC[C@@H](C)OC(=O)[C@@H]1[C@H]2C(=O)N(CCO)[C@H](C(=O)N(CC=C)c3ccccc3Cl)[C@]23CC[C@H]1O3. The third kappa shape index (κ3) is 5.40. The number of aliphatic hydroxyl groups is 1. The van der Waals surface area contributed by atoms with Gasteiger partial charge in [-0.25, -0.2) is 0 Å². The van der Waals surface area contributed by atoms with Crippen molar-refractivity contribution in [1.29, 1.82) is 0 Å². The van der Waals surface area contributed by atoms with Crippen molar-refractivity contribution in [3.63, 3.8) is 0 Å². The van der Waals surface area contributed by atoms with Crippen molar-refractivity contribution in [2.45, 2.75) is 56.5 Å². The van der Waals surface area contributed by atoms with E-state index in [9.17, 15) is 24.3 Å². The maximum atomic E-state index is 14.2. The first-order valence-corrected chi connectivity index (χ1v) is 13.9. The lowest BCUT2D eigenvalue weighted by molar-refractivity contribution is -0.159. The zero-order valence-electron chi connectivity index (χ0n) is 22.6. The topological polar surface area (TPSA) is 125 Å². The number of halogens is 1. The summed E-state index contributed by atoms with van der Waals surface area (Å²) in [7, 11) is 0. The number of allylic oxidation sites excluding steroid dienone is 1. The fourth-order valence-corrected chi connectivity index (χ4v) is 6.44. The zero-order valence-corrected chi connectivity index (χ0v) is 23.3. The summed E-state index contributed by atoms with van der Waals surface area (Å²) in [5, 5.41) is 12.9. The highest BCUT2D eigenvalue weighted by atomic mass is 35.5. The number of carbonyl (C=O) groups is 4. The van der Waals surface area contributed by atoms with E-state index < -0.39 is 53.5 Å². The summed E-state index contributed by atoms with van der Waals surface area (Å²) in [5.74, 6) is -3.50. The van der Waals surface area contributed by atoms with Gasteiger partial charge in [-0.05, 0) is 38.3 Å². The first-order chi connectivity index (χ1) is 19.2. The Labute approximate surface area is 238 Å². The lowest BCUT2D eigenvalue weighted by Crippen LogP contribution is -2.57. The molecule has 3 fully saturated rings. The molecule has 3 amide bonds. The van der Waals surface area contributed by atoms with Gasteiger partial charge in [-0.2, -0.15) is 0 Å². The minimum atomic E-state index is -1.25. The monoisotopic (exact) mass is 573 g/mol. The minimum Gasteiger partial charge on any atom is -0.460 e. The number of likely N-dealkylation sites (tertiary alicyclic amines) is 1. The molecule has 0 saturated carbocycles. The smallest absolute Gasteiger partial charge is 0.312 e. The van der Waals surface area contributed by atoms with Gasteiger partial charge in [-0.1, -0.05) is 35.9 Å². The molecule has 216 valence electrons. The summed E-state index contributed by atoms with van der Waals surface area (Å²) in [5.41, 5.74) is -0.793. The number of hydrogen-bond acceptors (Lipinski definition) is 7. The van der Waals surface area contributed by atoms with Crippen LogP contribution in [0.25, 0.3) is 0 Å². The van der Waals surface area contributed by atoms with Crippen LogP contribution in [0, 0.1) is 11.8 Å². The molecule has 3 aliphatic heterocycles. The molecule has 1 aromatic carbocycles. The van der Waals surface area contributed by atoms with Crippen LogP contribution >= 0.6 is 11.6 Å². The summed E-state index contributed by atoms with van der Waals surface area (Å²) in [6, 6.07) is 5.80. The molecule has 6 atom stereocenters. The number of aliphatic hydroxyl groups excluding tert-OH is 1. The fraction of sp³-hybridized carbons (Fsp3) is 0.517. The van der Waals surface area contributed by atoms with E-state index in [1.165, 1.54) is 9.80 Å². The number of fused-ring (bicyclic) bond motifs is 1. The van der Waals surface area contributed by atoms with E-state index >= 15 is 0 Å². The number of nitrogens with zero attached hydrogens (tertiary/aromatic N) is 2. The Morgan fingerprint density at radius 3 is 2.75 bits per heavy atom. The molecule has 2 bridgehead atoms. The van der Waals surface area contributed by atoms with Crippen molar-refractivity contribution in [3.05, 3.63) is 54.6 Å². The Kier molecular flexibility index (Phi) is 9.33. The normalized spacial score (nSPS) is 27.2. The molecule has 2 N–H and O–H groups in total. The number of amides is 3. The van der Waals surface area contributed by atoms with E-state index in [-0.39, 0.29) is 38.6 Å². The second-order valence-corrected chi connectivity index (χ2v) is 10.8. The number of carbonyl (C=O) groups excluding carboxylic acids is 4. The van der Waals surface area contributed by atoms with Crippen LogP contribution in [0.2, 0.25) is 5.02 Å². The van der Waals surface area contributed by atoms with Gasteiger partial charge in [0.05, 0.1) is 41.8 Å². The Balaban J connectivity index is 1.58. The highest BCUT2D eigenvalue weighted by Gasteiger charge is 2.75. The maximum absolute atomic E-state index is 14.2. The predicted molar refractivity (Wildman–Crippen MR) is 148 cm³/mol. The van der Waals surface area contributed by atoms with Crippen LogP contribution in [0.3, 0.4) is 0 Å². The van der Waals surface area contributed by atoms with Crippen LogP contribution in [-0.2, 0) is 28.7 Å². The molecule has 3 saturated heterocycles. The largest absolute Gasteiger partial charge is 0.460 e. The second kappa shape index (κ2) is 12.5. The van der Waals surface area contributed by atoms with Crippen molar-refractivity contribution in [2.75, 3.05) is 31.1 Å². The van der Waals surface area contributed by atoms with Crippen LogP contribution in [-0.4, -0.2) is 83.8 Å². The van der Waals surface area contributed by atoms with Crippen LogP contribution in [0.5, 0.6) is 0 Å². The Hall–Kier alpha value is -3.21. The Bertz CT molecular complexity index is 1180. The molecule has 4 rings (SSSR count). The Morgan fingerprint density at radius 2 is 2.08 bits per heavy atom. The lowest BCUT2D eigenvalue weighted by atomic mass is 9.70. The van der Waals surface area contributed by atoms with E-state index in [0.717, 1.165) is 0 Å². The number of para-hydroxylation sites is 1. The number of β-amino-alcohol motifs (C(OH)–C–C–N with tert-alkyl or cyclic N) is 1. The average Bonchev–Trinajstić information content (AvgIpc) is 3.57. The number of nitrogens with one attached hydrogen (secondary N) is 1. The van der Waals surface area contributed by atoms with Crippen molar-refractivity contribution < 1.29 is 33.8 Å². The summed E-state index contributed by atoms with van der Waals surface area (Å²) in [6.45, 7) is 8.81. The first kappa shape index (κ1) is 29.8. The van der Waals surface area contributed by atoms with Gasteiger partial charge in [0.15, 0.2) is 0 Å². The van der Waals surface area contributed by atoms with Crippen LogP contribution < -0.4 is 10.2 Å². The van der Waals surface area contributed by atoms with Crippen LogP contribution in [0.4, 0.5) is 5.69 Å². The molecular weight excluding hydrogens is 538 g/mol. The molecule has 3 heterocycles. The van der Waals surface area contributed by atoms with Gasteiger partial charge < -0.3 is 29.7 Å². The molecular formula is C29H36ClN3O7. The molecule has 0 aliphatic carbocycles. The highest BCUT2D eigenvalue weighted by molar-refractivity contribution is 6.34. The van der Waals surface area contributed by atoms with Gasteiger partial charge in [0.1, 0.15) is 17.7 Å². The van der Waals surface area contributed by atoms with Gasteiger partial charge in [-0.3, -0.25) is 19.2 Å². The third-order valence-corrected chi connectivity index (χ3v) is 8.17. The van der Waals surface area contributed by atoms with Crippen LogP contribution in [0.15, 0.2) is 49.6 Å².